The van der Waals surface area contributed by atoms with Crippen LogP contribution in [0.2, 0.25) is 0 Å². The van der Waals surface area contributed by atoms with Crippen molar-refractivity contribution in [1.82, 2.24) is 15.1 Å². The predicted octanol–water partition coefficient (Wildman–Crippen LogP) is 2.56. The first-order chi connectivity index (χ1) is 10.6. The van der Waals surface area contributed by atoms with Gasteiger partial charge >= 0.3 is 0 Å². The van der Waals surface area contributed by atoms with Crippen molar-refractivity contribution in [2.45, 2.75) is 26.4 Å². The molecule has 118 valence electrons. The third-order valence-electron chi connectivity index (χ3n) is 2.98. The van der Waals surface area contributed by atoms with Crippen molar-refractivity contribution in [3.8, 4) is 5.69 Å². The molecular formula is C16H20FN3O2. The highest BCUT2D eigenvalue weighted by Crippen LogP contribution is 2.12. The van der Waals surface area contributed by atoms with Crippen molar-refractivity contribution in [2.24, 2.45) is 0 Å². The molecule has 0 aliphatic carbocycles. The number of hydrogen-bond donors (Lipinski definition) is 1. The number of carbonyl (C=O) groups is 1. The molecule has 1 amide bonds. The quantitative estimate of drug-likeness (QED) is 0.800. The normalized spacial score (nSPS) is 10.9. The molecular weight excluding hydrogens is 285 g/mol. The number of nitrogens with zero attached hydrogens (tertiary/aromatic N) is 2. The van der Waals surface area contributed by atoms with Crippen molar-refractivity contribution in [3.63, 3.8) is 0 Å². The van der Waals surface area contributed by atoms with Gasteiger partial charge in [0.15, 0.2) is 5.69 Å². The van der Waals surface area contributed by atoms with E-state index in [2.05, 4.69) is 10.4 Å². The number of halogens is 1. The van der Waals surface area contributed by atoms with Crippen molar-refractivity contribution in [3.05, 3.63) is 48.0 Å². The monoisotopic (exact) mass is 305 g/mol. The second kappa shape index (κ2) is 7.70. The molecule has 0 unspecified atom stereocenters. The molecule has 0 atom stereocenters. The van der Waals surface area contributed by atoms with E-state index in [1.807, 2.05) is 13.8 Å². The van der Waals surface area contributed by atoms with E-state index in [1.165, 1.54) is 10.7 Å². The van der Waals surface area contributed by atoms with E-state index in [-0.39, 0.29) is 23.5 Å². The van der Waals surface area contributed by atoms with Crippen molar-refractivity contribution < 1.29 is 13.9 Å². The lowest BCUT2D eigenvalue weighted by molar-refractivity contribution is 0.0756. The molecule has 0 saturated heterocycles. The van der Waals surface area contributed by atoms with Crippen LogP contribution >= 0.6 is 0 Å². The van der Waals surface area contributed by atoms with E-state index in [1.54, 1.807) is 30.5 Å². The molecule has 1 heterocycles. The largest absolute Gasteiger partial charge is 0.379 e. The number of aromatic nitrogens is 2. The highest BCUT2D eigenvalue weighted by atomic mass is 19.1. The first kappa shape index (κ1) is 16.2. The maximum atomic E-state index is 13.7. The van der Waals surface area contributed by atoms with Crippen LogP contribution in [0.15, 0.2) is 36.5 Å². The van der Waals surface area contributed by atoms with Gasteiger partial charge in [0.1, 0.15) is 11.5 Å². The van der Waals surface area contributed by atoms with Gasteiger partial charge in [-0.05, 0) is 38.5 Å². The van der Waals surface area contributed by atoms with Gasteiger partial charge in [-0.2, -0.15) is 5.10 Å². The predicted molar refractivity (Wildman–Crippen MR) is 81.6 cm³/mol. The molecule has 1 aromatic heterocycles. The standard InChI is InChI=1S/C16H20FN3O2/c1-12(2)22-11-5-9-18-16(21)14-8-10-20(19-14)15-7-4-3-6-13(15)17/h3-4,6-8,10,12H,5,9,11H2,1-2H3,(H,18,21). The molecule has 0 saturated carbocycles. The summed E-state index contributed by atoms with van der Waals surface area (Å²) >= 11 is 0. The third kappa shape index (κ3) is 4.39. The summed E-state index contributed by atoms with van der Waals surface area (Å²) in [4.78, 5) is 11.9. The van der Waals surface area contributed by atoms with Crippen LogP contribution in [0.1, 0.15) is 30.8 Å². The van der Waals surface area contributed by atoms with Crippen molar-refractivity contribution >= 4 is 5.91 Å². The average Bonchev–Trinajstić information content (AvgIpc) is 2.96. The second-order valence-electron chi connectivity index (χ2n) is 5.13. The zero-order chi connectivity index (χ0) is 15.9. The Morgan fingerprint density at radius 1 is 1.36 bits per heavy atom. The zero-order valence-corrected chi connectivity index (χ0v) is 12.8. The minimum absolute atomic E-state index is 0.187. The average molecular weight is 305 g/mol. The van der Waals surface area contributed by atoms with Gasteiger partial charge < -0.3 is 10.1 Å². The molecule has 0 fully saturated rings. The second-order valence-corrected chi connectivity index (χ2v) is 5.13. The minimum atomic E-state index is -0.386. The third-order valence-corrected chi connectivity index (χ3v) is 2.98. The smallest absolute Gasteiger partial charge is 0.271 e. The van der Waals surface area contributed by atoms with Crippen LogP contribution in [0.5, 0.6) is 0 Å². The summed E-state index contributed by atoms with van der Waals surface area (Å²) in [6.45, 7) is 5.04. The van der Waals surface area contributed by atoms with Crippen LogP contribution in [-0.2, 0) is 4.74 Å². The Hall–Kier alpha value is -2.21. The Bertz CT molecular complexity index is 625. The Morgan fingerprint density at radius 3 is 2.86 bits per heavy atom. The molecule has 2 rings (SSSR count). The summed E-state index contributed by atoms with van der Waals surface area (Å²) in [5.41, 5.74) is 0.569. The van der Waals surface area contributed by atoms with Gasteiger partial charge in [0, 0.05) is 19.3 Å². The van der Waals surface area contributed by atoms with Crippen LogP contribution in [0.3, 0.4) is 0 Å². The highest BCUT2D eigenvalue weighted by molar-refractivity contribution is 5.92. The van der Waals surface area contributed by atoms with Gasteiger partial charge in [0.25, 0.3) is 5.91 Å². The van der Waals surface area contributed by atoms with E-state index < -0.39 is 0 Å². The maximum absolute atomic E-state index is 13.7. The van der Waals surface area contributed by atoms with Gasteiger partial charge in [0.2, 0.25) is 0 Å². The summed E-state index contributed by atoms with van der Waals surface area (Å²) in [6, 6.07) is 7.84. The fourth-order valence-electron chi connectivity index (χ4n) is 1.90. The molecule has 1 aromatic carbocycles. The summed E-state index contributed by atoms with van der Waals surface area (Å²) in [7, 11) is 0. The number of hydrogen-bond acceptors (Lipinski definition) is 3. The molecule has 0 aliphatic heterocycles. The van der Waals surface area contributed by atoms with Crippen LogP contribution in [-0.4, -0.2) is 34.9 Å². The lowest BCUT2D eigenvalue weighted by Crippen LogP contribution is -2.26. The SMILES string of the molecule is CC(C)OCCCNC(=O)c1ccn(-c2ccccc2F)n1. The fourth-order valence-corrected chi connectivity index (χ4v) is 1.90. The van der Waals surface area contributed by atoms with Gasteiger partial charge in [-0.25, -0.2) is 9.07 Å². The summed E-state index contributed by atoms with van der Waals surface area (Å²) in [6.07, 6.45) is 2.49. The van der Waals surface area contributed by atoms with Crippen LogP contribution in [0.25, 0.3) is 5.69 Å². The molecule has 6 heteroatoms. The van der Waals surface area contributed by atoms with E-state index >= 15 is 0 Å². The topological polar surface area (TPSA) is 56.1 Å². The number of para-hydroxylation sites is 1. The summed E-state index contributed by atoms with van der Waals surface area (Å²) in [5, 5.41) is 6.87. The number of carbonyl (C=O) groups excluding carboxylic acids is 1. The highest BCUT2D eigenvalue weighted by Gasteiger charge is 2.11. The molecule has 22 heavy (non-hydrogen) atoms. The maximum Gasteiger partial charge on any atom is 0.271 e. The zero-order valence-electron chi connectivity index (χ0n) is 12.8. The van der Waals surface area contributed by atoms with Crippen LogP contribution in [0, 0.1) is 5.82 Å². The van der Waals surface area contributed by atoms with Gasteiger partial charge in [0.05, 0.1) is 6.10 Å². The van der Waals surface area contributed by atoms with E-state index in [9.17, 15) is 9.18 Å². The number of ether oxygens (including phenoxy) is 1. The number of amides is 1. The first-order valence-corrected chi connectivity index (χ1v) is 7.28. The van der Waals surface area contributed by atoms with Gasteiger partial charge in [-0.15, -0.1) is 0 Å². The molecule has 5 nitrogen and oxygen atoms in total. The lowest BCUT2D eigenvalue weighted by atomic mass is 10.3. The Morgan fingerprint density at radius 2 is 2.14 bits per heavy atom. The summed E-state index contributed by atoms with van der Waals surface area (Å²) in [5.74, 6) is -0.664. The van der Waals surface area contributed by atoms with Crippen LogP contribution < -0.4 is 5.32 Å². The molecule has 1 N–H and O–H groups in total. The minimum Gasteiger partial charge on any atom is -0.379 e. The van der Waals surface area contributed by atoms with Crippen LogP contribution in [0.4, 0.5) is 4.39 Å². The Labute approximate surface area is 129 Å². The Kier molecular flexibility index (Phi) is 5.66. The first-order valence-electron chi connectivity index (χ1n) is 7.28. The van der Waals surface area contributed by atoms with Gasteiger partial charge in [-0.3, -0.25) is 4.79 Å². The van der Waals surface area contributed by atoms with E-state index in [0.29, 0.717) is 18.8 Å². The number of rotatable bonds is 7. The molecule has 0 bridgehead atoms. The Balaban J connectivity index is 1.88. The van der Waals surface area contributed by atoms with Crippen molar-refractivity contribution in [1.29, 1.82) is 0 Å². The molecule has 2 aromatic rings. The van der Waals surface area contributed by atoms with E-state index in [0.717, 1.165) is 6.42 Å². The molecule has 0 aliphatic rings. The lowest BCUT2D eigenvalue weighted by Gasteiger charge is -2.07. The van der Waals surface area contributed by atoms with E-state index in [4.69, 9.17) is 4.74 Å². The fraction of sp³-hybridized carbons (Fsp3) is 0.375. The summed E-state index contributed by atoms with van der Waals surface area (Å²) < 4.78 is 20.4. The van der Waals surface area contributed by atoms with Crippen molar-refractivity contribution in [2.75, 3.05) is 13.2 Å². The number of nitrogens with one attached hydrogen (secondary N) is 1. The number of benzene rings is 1. The van der Waals surface area contributed by atoms with Gasteiger partial charge in [-0.1, -0.05) is 12.1 Å². The molecule has 0 radical (unpaired) electrons. The molecule has 0 spiro atoms.